The molecule has 1 fully saturated rings. The van der Waals surface area contributed by atoms with Crippen molar-refractivity contribution in [2.24, 2.45) is 5.92 Å². The lowest BCUT2D eigenvalue weighted by Gasteiger charge is -2.24. The highest BCUT2D eigenvalue weighted by Gasteiger charge is 2.37. The Bertz CT molecular complexity index is 623. The van der Waals surface area contributed by atoms with Crippen molar-refractivity contribution in [3.05, 3.63) is 21.7 Å². The maximum Gasteiger partial charge on any atom is 0.373 e. The zero-order valence-corrected chi connectivity index (χ0v) is 11.2. The first-order valence-electron chi connectivity index (χ1n) is 6.11. The van der Waals surface area contributed by atoms with Gasteiger partial charge in [0.2, 0.25) is 5.82 Å². The average molecular weight is 282 g/mol. The van der Waals surface area contributed by atoms with Gasteiger partial charge in [0.15, 0.2) is 0 Å². The van der Waals surface area contributed by atoms with E-state index in [9.17, 15) is 15.2 Å². The minimum absolute atomic E-state index is 0.0104. The summed E-state index contributed by atoms with van der Waals surface area (Å²) in [7, 11) is 0. The van der Waals surface area contributed by atoms with Crippen LogP contribution in [0, 0.1) is 16.0 Å². The van der Waals surface area contributed by atoms with Gasteiger partial charge in [0, 0.05) is 11.9 Å². The number of hydrogen-bond acceptors (Lipinski definition) is 6. The molecule has 7 nitrogen and oxygen atoms in total. The van der Waals surface area contributed by atoms with Gasteiger partial charge in [-0.1, -0.05) is 18.3 Å². The molecule has 1 aliphatic rings. The molecule has 0 amide bonds. The van der Waals surface area contributed by atoms with E-state index in [1.165, 1.54) is 15.7 Å². The molecule has 2 aromatic rings. The molecule has 1 aliphatic heterocycles. The molecule has 0 aliphatic carbocycles. The Kier molecular flexibility index (Phi) is 2.90. The van der Waals surface area contributed by atoms with Crippen molar-refractivity contribution in [1.82, 2.24) is 9.38 Å². The van der Waals surface area contributed by atoms with Crippen LogP contribution < -0.4 is 4.90 Å². The summed E-state index contributed by atoms with van der Waals surface area (Å²) in [5, 5.41) is 22.5. The number of fused-ring (bicyclic) bond motifs is 1. The van der Waals surface area contributed by atoms with Crippen LogP contribution in [-0.4, -0.2) is 38.6 Å². The lowest BCUT2D eigenvalue weighted by Crippen LogP contribution is -2.35. The van der Waals surface area contributed by atoms with Gasteiger partial charge < -0.3 is 20.1 Å². The number of nitro groups is 1. The molecule has 1 saturated heterocycles. The Morgan fingerprint density at radius 2 is 2.47 bits per heavy atom. The third-order valence-corrected chi connectivity index (χ3v) is 4.49. The molecule has 2 aromatic heterocycles. The minimum atomic E-state index is -0.403. The second-order valence-corrected chi connectivity index (χ2v) is 5.65. The molecule has 102 valence electrons. The number of rotatable bonds is 3. The Balaban J connectivity index is 2.11. The number of imidazole rings is 1. The van der Waals surface area contributed by atoms with Crippen LogP contribution in [0.5, 0.6) is 0 Å². The van der Waals surface area contributed by atoms with Crippen molar-refractivity contribution >= 4 is 27.9 Å². The van der Waals surface area contributed by atoms with Crippen molar-refractivity contribution in [3.8, 4) is 0 Å². The first kappa shape index (κ1) is 12.4. The van der Waals surface area contributed by atoms with Crippen LogP contribution in [0.1, 0.15) is 13.3 Å². The Morgan fingerprint density at radius 1 is 1.68 bits per heavy atom. The Hall–Kier alpha value is -1.67. The van der Waals surface area contributed by atoms with Crippen LogP contribution in [-0.2, 0) is 0 Å². The first-order chi connectivity index (χ1) is 9.13. The fraction of sp³-hybridized carbons (Fsp3) is 0.545. The molecule has 3 rings (SSSR count). The number of aromatic nitrogens is 2. The van der Waals surface area contributed by atoms with Crippen LogP contribution in [0.2, 0.25) is 0 Å². The van der Waals surface area contributed by atoms with E-state index in [4.69, 9.17) is 0 Å². The maximum atomic E-state index is 11.3. The third kappa shape index (κ3) is 1.79. The van der Waals surface area contributed by atoms with E-state index in [0.29, 0.717) is 23.2 Å². The molecule has 0 bridgehead atoms. The highest BCUT2D eigenvalue weighted by atomic mass is 32.1. The lowest BCUT2D eigenvalue weighted by molar-refractivity contribution is -0.389. The maximum absolute atomic E-state index is 11.3. The summed E-state index contributed by atoms with van der Waals surface area (Å²) in [5.74, 6) is 0.674. The zero-order chi connectivity index (χ0) is 13.6. The van der Waals surface area contributed by atoms with Gasteiger partial charge in [0.1, 0.15) is 6.20 Å². The average Bonchev–Trinajstić information content (AvgIpc) is 3.00. The summed E-state index contributed by atoms with van der Waals surface area (Å²) in [4.78, 5) is 17.7. The minimum Gasteiger partial charge on any atom is -0.394 e. The summed E-state index contributed by atoms with van der Waals surface area (Å²) < 4.78 is 1.50. The summed E-state index contributed by atoms with van der Waals surface area (Å²) >= 11 is 1.37. The highest BCUT2D eigenvalue weighted by Crippen LogP contribution is 2.36. The summed E-state index contributed by atoms with van der Waals surface area (Å²) in [6.07, 6.45) is 2.57. The van der Waals surface area contributed by atoms with Crippen molar-refractivity contribution in [1.29, 1.82) is 0 Å². The van der Waals surface area contributed by atoms with Gasteiger partial charge in [-0.25, -0.2) is 0 Å². The molecule has 2 unspecified atom stereocenters. The van der Waals surface area contributed by atoms with Gasteiger partial charge >= 0.3 is 5.82 Å². The molecule has 0 aromatic carbocycles. The van der Waals surface area contributed by atoms with Crippen LogP contribution in [0.4, 0.5) is 11.6 Å². The molecule has 8 heteroatoms. The number of aliphatic hydroxyl groups excluding tert-OH is 1. The number of hydrogen-bond donors (Lipinski definition) is 1. The molecular formula is C11H14N4O3S. The van der Waals surface area contributed by atoms with Crippen molar-refractivity contribution in [2.45, 2.75) is 19.4 Å². The number of anilines is 1. The number of aliphatic hydroxyl groups is 1. The number of nitrogens with zero attached hydrogens (tertiary/aromatic N) is 4. The quantitative estimate of drug-likeness (QED) is 0.681. The van der Waals surface area contributed by atoms with Crippen LogP contribution >= 0.6 is 11.3 Å². The third-order valence-electron chi connectivity index (χ3n) is 3.73. The van der Waals surface area contributed by atoms with Gasteiger partial charge in [-0.15, -0.1) is 0 Å². The van der Waals surface area contributed by atoms with E-state index in [2.05, 4.69) is 4.98 Å². The van der Waals surface area contributed by atoms with Crippen LogP contribution in [0.3, 0.4) is 0 Å². The summed E-state index contributed by atoms with van der Waals surface area (Å²) in [6, 6.07) is -0.0942. The van der Waals surface area contributed by atoms with Gasteiger partial charge in [-0.05, 0) is 17.3 Å². The molecule has 0 radical (unpaired) electrons. The fourth-order valence-electron chi connectivity index (χ4n) is 2.67. The van der Waals surface area contributed by atoms with Gasteiger partial charge in [-0.2, -0.15) is 9.38 Å². The zero-order valence-electron chi connectivity index (χ0n) is 10.4. The van der Waals surface area contributed by atoms with E-state index < -0.39 is 4.92 Å². The van der Waals surface area contributed by atoms with E-state index in [-0.39, 0.29) is 18.5 Å². The standard InChI is InChI=1S/C11H14N4O3S/c1-7-2-3-13(8(7)6-16)9-10(15(17)18)14-4-5-19-11(14)12-9/h4-5,7-8,16H,2-3,6H2,1H3. The number of thiazole rings is 1. The fourth-order valence-corrected chi connectivity index (χ4v) is 3.38. The molecule has 2 atom stereocenters. The van der Waals surface area contributed by atoms with E-state index >= 15 is 0 Å². The molecule has 0 saturated carbocycles. The van der Waals surface area contributed by atoms with Crippen molar-refractivity contribution < 1.29 is 10.0 Å². The first-order valence-corrected chi connectivity index (χ1v) is 6.99. The topological polar surface area (TPSA) is 83.9 Å². The largest absolute Gasteiger partial charge is 0.394 e. The van der Waals surface area contributed by atoms with E-state index in [1.54, 1.807) is 11.6 Å². The predicted molar refractivity (Wildman–Crippen MR) is 71.7 cm³/mol. The van der Waals surface area contributed by atoms with Crippen molar-refractivity contribution in [3.63, 3.8) is 0 Å². The highest BCUT2D eigenvalue weighted by molar-refractivity contribution is 7.15. The molecule has 3 heterocycles. The summed E-state index contributed by atoms with van der Waals surface area (Å²) in [6.45, 7) is 2.73. The van der Waals surface area contributed by atoms with E-state index in [1.807, 2.05) is 11.8 Å². The molecule has 1 N–H and O–H groups in total. The SMILES string of the molecule is CC1CCN(c2nc3sccn3c2[N+](=O)[O-])C1CO. The lowest BCUT2D eigenvalue weighted by atomic mass is 10.0. The predicted octanol–water partition coefficient (Wildman–Crippen LogP) is 1.51. The molecular weight excluding hydrogens is 268 g/mol. The Morgan fingerprint density at radius 3 is 3.16 bits per heavy atom. The van der Waals surface area contributed by atoms with Gasteiger partial charge in [0.25, 0.3) is 4.96 Å². The molecule has 0 spiro atoms. The Labute approximate surface area is 113 Å². The molecule has 19 heavy (non-hydrogen) atoms. The van der Waals surface area contributed by atoms with E-state index in [0.717, 1.165) is 6.42 Å². The second kappa shape index (κ2) is 4.46. The van der Waals surface area contributed by atoms with Gasteiger partial charge in [0.05, 0.1) is 12.6 Å². The second-order valence-electron chi connectivity index (χ2n) is 4.78. The van der Waals surface area contributed by atoms with Gasteiger partial charge in [-0.3, -0.25) is 0 Å². The van der Waals surface area contributed by atoms with Crippen LogP contribution in [0.25, 0.3) is 4.96 Å². The van der Waals surface area contributed by atoms with Crippen molar-refractivity contribution in [2.75, 3.05) is 18.1 Å². The van der Waals surface area contributed by atoms with Crippen LogP contribution in [0.15, 0.2) is 11.6 Å². The summed E-state index contributed by atoms with van der Waals surface area (Å²) in [5.41, 5.74) is 0. The normalized spacial score (nSPS) is 23.4. The smallest absolute Gasteiger partial charge is 0.373 e. The monoisotopic (exact) mass is 282 g/mol.